The largest absolute Gasteiger partial charge is 0.494 e. The van der Waals surface area contributed by atoms with Gasteiger partial charge in [0, 0.05) is 51.2 Å². The van der Waals surface area contributed by atoms with Crippen LogP contribution in [0.1, 0.15) is 32.3 Å². The summed E-state index contributed by atoms with van der Waals surface area (Å²) in [4.78, 5) is 35.4. The lowest BCUT2D eigenvalue weighted by molar-refractivity contribution is -0.111. The third kappa shape index (κ3) is 7.53. The molecule has 3 amide bonds. The molecule has 2 aromatic carbocycles. The molecule has 3 rings (SSSR count). The fourth-order valence-electron chi connectivity index (χ4n) is 4.36. The number of anilines is 3. The van der Waals surface area contributed by atoms with Gasteiger partial charge in [0.05, 0.1) is 30.7 Å². The van der Waals surface area contributed by atoms with Gasteiger partial charge in [-0.25, -0.2) is 9.79 Å². The van der Waals surface area contributed by atoms with E-state index in [0.29, 0.717) is 36.0 Å². The van der Waals surface area contributed by atoms with Crippen molar-refractivity contribution in [2.45, 2.75) is 33.2 Å². The maximum Gasteiger partial charge on any atom is 0.324 e. The van der Waals surface area contributed by atoms with E-state index in [0.717, 1.165) is 35.4 Å². The average molecular weight is 545 g/mol. The summed E-state index contributed by atoms with van der Waals surface area (Å²) in [6.45, 7) is 8.47. The number of benzene rings is 2. The zero-order valence-electron chi connectivity index (χ0n) is 24.3. The third-order valence-corrected chi connectivity index (χ3v) is 6.42. The van der Waals surface area contributed by atoms with Crippen LogP contribution in [0.4, 0.5) is 21.9 Å². The smallest absolute Gasteiger partial charge is 0.324 e. The van der Waals surface area contributed by atoms with E-state index in [1.54, 1.807) is 19.1 Å². The first-order valence-electron chi connectivity index (χ1n) is 13.3. The molecule has 212 valence electrons. The lowest BCUT2D eigenvalue weighted by Gasteiger charge is -2.37. The summed E-state index contributed by atoms with van der Waals surface area (Å²) in [6.07, 6.45) is 6.97. The van der Waals surface area contributed by atoms with Gasteiger partial charge in [-0.2, -0.15) is 0 Å². The van der Waals surface area contributed by atoms with Crippen LogP contribution < -0.4 is 20.3 Å². The molecule has 0 bridgehead atoms. The fourth-order valence-corrected chi connectivity index (χ4v) is 4.36. The second-order valence-electron chi connectivity index (χ2n) is 9.71. The number of amidine groups is 1. The molecule has 2 aromatic rings. The highest BCUT2D eigenvalue weighted by molar-refractivity contribution is 6.03. The van der Waals surface area contributed by atoms with Gasteiger partial charge in [-0.1, -0.05) is 56.3 Å². The van der Waals surface area contributed by atoms with E-state index in [1.165, 1.54) is 6.08 Å². The van der Waals surface area contributed by atoms with E-state index in [2.05, 4.69) is 30.2 Å². The van der Waals surface area contributed by atoms with E-state index in [1.807, 2.05) is 79.5 Å². The van der Waals surface area contributed by atoms with Crippen molar-refractivity contribution in [3.8, 4) is 5.75 Å². The third-order valence-electron chi connectivity index (χ3n) is 6.42. The Labute approximate surface area is 237 Å². The van der Waals surface area contributed by atoms with Crippen molar-refractivity contribution in [2.75, 3.05) is 50.3 Å². The maximum atomic E-state index is 13.2. The predicted octanol–water partition coefficient (Wildman–Crippen LogP) is 5.85. The molecule has 1 fully saturated rings. The molecule has 1 aliphatic rings. The number of urea groups is 1. The summed E-state index contributed by atoms with van der Waals surface area (Å²) in [5.74, 6) is 0.910. The first-order valence-corrected chi connectivity index (χ1v) is 13.3. The van der Waals surface area contributed by atoms with Crippen LogP contribution in [0.15, 0.2) is 83.7 Å². The highest BCUT2D eigenvalue weighted by Crippen LogP contribution is 2.36. The number of hydrogen-bond donors (Lipinski definition) is 2. The second-order valence-corrected chi connectivity index (χ2v) is 9.71. The number of allylic oxidation sites excluding steroid dienone is 1. The lowest BCUT2D eigenvalue weighted by atomic mass is 10.1. The molecule has 9 nitrogen and oxygen atoms in total. The van der Waals surface area contributed by atoms with Gasteiger partial charge in [0.1, 0.15) is 11.6 Å². The number of carbonyl (C=O) groups excluding carboxylic acids is 2. The van der Waals surface area contributed by atoms with Gasteiger partial charge in [-0.15, -0.1) is 0 Å². The zero-order valence-corrected chi connectivity index (χ0v) is 24.3. The Hall–Kier alpha value is -4.53. The van der Waals surface area contributed by atoms with Crippen LogP contribution in [-0.4, -0.2) is 62.4 Å². The topological polar surface area (TPSA) is 89.5 Å². The first kappa shape index (κ1) is 30.0. The Morgan fingerprint density at radius 3 is 2.52 bits per heavy atom. The van der Waals surface area contributed by atoms with Crippen LogP contribution in [0.25, 0.3) is 0 Å². The molecule has 1 heterocycles. The molecule has 0 aromatic heterocycles. The van der Waals surface area contributed by atoms with Crippen molar-refractivity contribution in [1.29, 1.82) is 0 Å². The van der Waals surface area contributed by atoms with Crippen molar-refractivity contribution in [3.05, 3.63) is 84.2 Å². The molecule has 0 atom stereocenters. The van der Waals surface area contributed by atoms with Gasteiger partial charge in [0.25, 0.3) is 0 Å². The summed E-state index contributed by atoms with van der Waals surface area (Å²) < 4.78 is 5.62. The Morgan fingerprint density at radius 1 is 1.18 bits per heavy atom. The van der Waals surface area contributed by atoms with Gasteiger partial charge in [-0.3, -0.25) is 9.69 Å². The average Bonchev–Trinajstić information content (AvgIpc) is 2.94. The Bertz CT molecular complexity index is 1310. The Balaban J connectivity index is 1.93. The number of amides is 3. The molecule has 0 spiro atoms. The molecule has 9 heteroatoms. The number of ether oxygens (including phenoxy) is 1. The van der Waals surface area contributed by atoms with Gasteiger partial charge < -0.3 is 25.2 Å². The second kappa shape index (κ2) is 14.0. The number of methoxy groups -OCH3 is 1. The van der Waals surface area contributed by atoms with E-state index in [-0.39, 0.29) is 11.9 Å². The van der Waals surface area contributed by atoms with Gasteiger partial charge in [0.2, 0.25) is 5.91 Å². The van der Waals surface area contributed by atoms with Crippen molar-refractivity contribution in [1.82, 2.24) is 9.80 Å². The van der Waals surface area contributed by atoms with Gasteiger partial charge >= 0.3 is 6.03 Å². The SMILES string of the molecule is C=CC(=O)Nc1cc(NC(C)=N/C=C2/CN(Cc3ccccc3)C(=O)N(C)/C2=C\CCC)c(OC)cc1N(C)C. The number of aliphatic imine (C=N–C) groups is 1. The molecule has 0 saturated carbocycles. The Morgan fingerprint density at radius 2 is 1.90 bits per heavy atom. The summed E-state index contributed by atoms with van der Waals surface area (Å²) in [5.41, 5.74) is 4.93. The number of hydrogen-bond acceptors (Lipinski definition) is 5. The minimum atomic E-state index is -0.309. The number of unbranched alkanes of at least 4 members (excludes halogenated alkanes) is 1. The van der Waals surface area contributed by atoms with Crippen LogP contribution >= 0.6 is 0 Å². The van der Waals surface area contributed by atoms with E-state index in [9.17, 15) is 9.59 Å². The van der Waals surface area contributed by atoms with Crippen LogP contribution in [0, 0.1) is 0 Å². The van der Waals surface area contributed by atoms with E-state index in [4.69, 9.17) is 9.73 Å². The van der Waals surface area contributed by atoms with Crippen LogP contribution in [-0.2, 0) is 11.3 Å². The number of likely N-dealkylation sites (N-methyl/N-ethyl adjacent to an activating group) is 1. The summed E-state index contributed by atoms with van der Waals surface area (Å²) >= 11 is 0. The van der Waals surface area contributed by atoms with Crippen LogP contribution in [0.2, 0.25) is 0 Å². The molecular formula is C31H40N6O3. The lowest BCUT2D eigenvalue weighted by Crippen LogP contribution is -2.46. The standard InChI is InChI=1S/C31H40N6O3/c1-8-10-16-27-24(21-37(31(39)36(27)6)20-23-14-12-11-13-15-23)19-32-22(3)33-26-17-25(34-30(38)9-2)28(35(4)5)18-29(26)40-7/h9,11-19H,2,8,10,20-21H2,1,3-7H3,(H,32,33)(H,34,38)/b24-19-,27-16-. The molecule has 0 radical (unpaired) electrons. The maximum absolute atomic E-state index is 13.2. The Kier molecular flexibility index (Phi) is 10.5. The molecular weight excluding hydrogens is 504 g/mol. The van der Waals surface area contributed by atoms with Gasteiger partial charge in [0.15, 0.2) is 0 Å². The molecule has 40 heavy (non-hydrogen) atoms. The minimum absolute atomic E-state index is 0.0398. The number of nitrogens with one attached hydrogen (secondary N) is 2. The summed E-state index contributed by atoms with van der Waals surface area (Å²) in [5, 5.41) is 6.15. The number of rotatable bonds is 10. The highest BCUT2D eigenvalue weighted by atomic mass is 16.5. The molecule has 2 N–H and O–H groups in total. The quantitative estimate of drug-likeness (QED) is 0.222. The minimum Gasteiger partial charge on any atom is -0.494 e. The first-order chi connectivity index (χ1) is 19.2. The normalized spacial score (nSPS) is 15.8. The van der Waals surface area contributed by atoms with Crippen LogP contribution in [0.3, 0.4) is 0 Å². The van der Waals surface area contributed by atoms with E-state index >= 15 is 0 Å². The highest BCUT2D eigenvalue weighted by Gasteiger charge is 2.30. The van der Waals surface area contributed by atoms with Crippen molar-refractivity contribution in [2.24, 2.45) is 4.99 Å². The zero-order chi connectivity index (χ0) is 29.2. The monoisotopic (exact) mass is 544 g/mol. The van der Waals surface area contributed by atoms with Gasteiger partial charge in [-0.05, 0) is 31.1 Å². The summed E-state index contributed by atoms with van der Waals surface area (Å²) in [7, 11) is 7.18. The molecule has 1 saturated heterocycles. The van der Waals surface area contributed by atoms with Crippen molar-refractivity contribution in [3.63, 3.8) is 0 Å². The number of nitrogens with zero attached hydrogens (tertiary/aromatic N) is 4. The predicted molar refractivity (Wildman–Crippen MR) is 164 cm³/mol. The van der Waals surface area contributed by atoms with Crippen molar-refractivity contribution < 1.29 is 14.3 Å². The van der Waals surface area contributed by atoms with E-state index < -0.39 is 0 Å². The summed E-state index contributed by atoms with van der Waals surface area (Å²) in [6, 6.07) is 13.6. The molecule has 0 aliphatic carbocycles. The molecule has 0 unspecified atom stereocenters. The number of carbonyl (C=O) groups is 2. The molecule has 1 aliphatic heterocycles. The fraction of sp³-hybridized carbons (Fsp3) is 0.323. The van der Waals surface area contributed by atoms with Crippen molar-refractivity contribution >= 4 is 34.8 Å². The van der Waals surface area contributed by atoms with Crippen LogP contribution in [0.5, 0.6) is 5.75 Å².